The number of aryl methyl sites for hydroxylation is 1. The van der Waals surface area contributed by atoms with Gasteiger partial charge in [0.2, 0.25) is 0 Å². The molecule has 1 aliphatic rings. The van der Waals surface area contributed by atoms with E-state index in [0.717, 1.165) is 41.2 Å². The van der Waals surface area contributed by atoms with Crippen molar-refractivity contribution in [2.45, 2.75) is 31.9 Å². The number of imidazole rings is 1. The lowest BCUT2D eigenvalue weighted by molar-refractivity contribution is 0.141. The molecule has 24 heavy (non-hydrogen) atoms. The number of aromatic nitrogens is 4. The van der Waals surface area contributed by atoms with Crippen LogP contribution in [0.4, 0.5) is 5.82 Å². The minimum absolute atomic E-state index is 0.218. The Hall–Kier alpha value is -2.47. The zero-order valence-corrected chi connectivity index (χ0v) is 13.8. The van der Waals surface area contributed by atoms with Crippen molar-refractivity contribution >= 4 is 17.0 Å². The molecule has 0 aliphatic heterocycles. The Morgan fingerprint density at radius 2 is 1.96 bits per heavy atom. The second-order valence-corrected chi connectivity index (χ2v) is 6.61. The zero-order chi connectivity index (χ0) is 16.7. The predicted molar refractivity (Wildman–Crippen MR) is 93.6 cm³/mol. The van der Waals surface area contributed by atoms with Crippen LogP contribution in [0.5, 0.6) is 0 Å². The highest BCUT2D eigenvalue weighted by Gasteiger charge is 2.30. The fraction of sp³-hybridized carbons (Fsp3) is 0.389. The molecule has 2 aromatic heterocycles. The van der Waals surface area contributed by atoms with Crippen molar-refractivity contribution in [3.8, 4) is 11.4 Å². The summed E-state index contributed by atoms with van der Waals surface area (Å²) in [7, 11) is 1.97. The van der Waals surface area contributed by atoms with Crippen molar-refractivity contribution in [3.05, 3.63) is 36.7 Å². The third-order valence-corrected chi connectivity index (χ3v) is 4.87. The molecule has 1 saturated carbocycles. The third-order valence-electron chi connectivity index (χ3n) is 4.87. The summed E-state index contributed by atoms with van der Waals surface area (Å²) in [5, 5.41) is 13.4. The number of nitrogens with one attached hydrogen (secondary N) is 1. The van der Waals surface area contributed by atoms with E-state index in [1.165, 1.54) is 0 Å². The number of aliphatic hydroxyl groups excluding tert-OH is 1. The number of benzene rings is 1. The summed E-state index contributed by atoms with van der Waals surface area (Å²) in [6, 6.07) is 10.3. The zero-order valence-electron chi connectivity index (χ0n) is 13.8. The molecule has 0 spiro atoms. The fourth-order valence-electron chi connectivity index (χ4n) is 3.49. The molecular weight excluding hydrogens is 302 g/mol. The summed E-state index contributed by atoms with van der Waals surface area (Å²) >= 11 is 0. The molecule has 6 nitrogen and oxygen atoms in total. The average Bonchev–Trinajstić information content (AvgIpc) is 3.09. The first-order valence-corrected chi connectivity index (χ1v) is 8.31. The number of anilines is 1. The topological polar surface area (TPSA) is 75.9 Å². The average molecular weight is 323 g/mol. The van der Waals surface area contributed by atoms with E-state index in [2.05, 4.69) is 22.2 Å². The number of aliphatic hydroxyl groups is 1. The first-order valence-electron chi connectivity index (χ1n) is 8.31. The van der Waals surface area contributed by atoms with Gasteiger partial charge in [0, 0.05) is 18.7 Å². The van der Waals surface area contributed by atoms with Gasteiger partial charge in [-0.2, -0.15) is 0 Å². The molecule has 1 fully saturated rings. The normalized spacial score (nSPS) is 23.7. The lowest BCUT2D eigenvalue weighted by Gasteiger charge is -2.12. The number of fused-ring (bicyclic) bond motifs is 1. The molecule has 3 atom stereocenters. The van der Waals surface area contributed by atoms with Crippen LogP contribution in [0.3, 0.4) is 0 Å². The molecule has 0 saturated heterocycles. The second-order valence-electron chi connectivity index (χ2n) is 6.61. The van der Waals surface area contributed by atoms with Crippen molar-refractivity contribution in [2.24, 2.45) is 13.0 Å². The highest BCUT2D eigenvalue weighted by molar-refractivity contribution is 5.86. The van der Waals surface area contributed by atoms with Gasteiger partial charge in [-0.15, -0.1) is 0 Å². The maximum atomic E-state index is 9.96. The SMILES string of the molecule is C[C@H]1C[C@@H](Nc2ncnc3c2nc(-c2ccccc2)n3C)C[C@H]1O. The molecule has 6 heteroatoms. The van der Waals surface area contributed by atoms with Gasteiger partial charge in [-0.05, 0) is 18.8 Å². The summed E-state index contributed by atoms with van der Waals surface area (Å²) < 4.78 is 1.99. The number of nitrogens with zero attached hydrogens (tertiary/aromatic N) is 4. The number of hydrogen-bond acceptors (Lipinski definition) is 5. The number of rotatable bonds is 3. The van der Waals surface area contributed by atoms with Crippen LogP contribution in [0, 0.1) is 5.92 Å². The third kappa shape index (κ3) is 2.53. The molecule has 0 radical (unpaired) electrons. The van der Waals surface area contributed by atoms with Crippen molar-refractivity contribution in [1.82, 2.24) is 19.5 Å². The number of hydrogen-bond donors (Lipinski definition) is 2. The Balaban J connectivity index is 1.73. The van der Waals surface area contributed by atoms with Crippen molar-refractivity contribution < 1.29 is 5.11 Å². The van der Waals surface area contributed by atoms with Gasteiger partial charge in [-0.3, -0.25) is 0 Å². The van der Waals surface area contributed by atoms with Crippen LogP contribution < -0.4 is 5.32 Å². The Labute approximate surface area is 140 Å². The minimum atomic E-state index is -0.247. The van der Waals surface area contributed by atoms with Crippen molar-refractivity contribution in [2.75, 3.05) is 5.32 Å². The second kappa shape index (κ2) is 5.87. The summed E-state index contributed by atoms with van der Waals surface area (Å²) in [6.07, 6.45) is 3.00. The molecule has 0 unspecified atom stereocenters. The van der Waals surface area contributed by atoms with Crippen LogP contribution in [0.1, 0.15) is 19.8 Å². The molecule has 2 N–H and O–H groups in total. The van der Waals surface area contributed by atoms with E-state index in [-0.39, 0.29) is 12.1 Å². The highest BCUT2D eigenvalue weighted by atomic mass is 16.3. The van der Waals surface area contributed by atoms with E-state index < -0.39 is 0 Å². The predicted octanol–water partition coefficient (Wildman–Crippen LogP) is 2.60. The Bertz CT molecular complexity index is 850. The molecule has 3 aromatic rings. The monoisotopic (exact) mass is 323 g/mol. The summed E-state index contributed by atoms with van der Waals surface area (Å²) in [5.74, 6) is 1.92. The van der Waals surface area contributed by atoms with Crippen molar-refractivity contribution in [1.29, 1.82) is 0 Å². The van der Waals surface area contributed by atoms with Crippen LogP contribution in [-0.4, -0.2) is 36.8 Å². The Kier molecular flexibility index (Phi) is 3.69. The Morgan fingerprint density at radius 3 is 2.67 bits per heavy atom. The van der Waals surface area contributed by atoms with Gasteiger partial charge in [0.15, 0.2) is 17.0 Å². The molecule has 1 aromatic carbocycles. The van der Waals surface area contributed by atoms with E-state index in [1.54, 1.807) is 6.33 Å². The first-order chi connectivity index (χ1) is 11.6. The van der Waals surface area contributed by atoms with Crippen LogP contribution in [0.15, 0.2) is 36.7 Å². The van der Waals surface area contributed by atoms with E-state index in [1.807, 2.05) is 41.9 Å². The van der Waals surface area contributed by atoms with Gasteiger partial charge in [-0.25, -0.2) is 15.0 Å². The van der Waals surface area contributed by atoms with Crippen molar-refractivity contribution in [3.63, 3.8) is 0 Å². The summed E-state index contributed by atoms with van der Waals surface area (Å²) in [5.41, 5.74) is 2.62. The molecule has 2 heterocycles. The summed E-state index contributed by atoms with van der Waals surface area (Å²) in [6.45, 7) is 2.08. The smallest absolute Gasteiger partial charge is 0.165 e. The van der Waals surface area contributed by atoms with Gasteiger partial charge < -0.3 is 15.0 Å². The molecular formula is C18H21N5O. The fourth-order valence-corrected chi connectivity index (χ4v) is 3.49. The molecule has 124 valence electrons. The molecule has 0 bridgehead atoms. The standard InChI is InChI=1S/C18H21N5O/c1-11-8-13(9-14(11)24)21-16-15-18(20-10-19-16)23(2)17(22-15)12-6-4-3-5-7-12/h3-7,10-11,13-14,24H,8-9H2,1-2H3,(H,19,20,21)/t11-,13+,14+/m0/s1. The van der Waals surface area contributed by atoms with Crippen LogP contribution >= 0.6 is 0 Å². The van der Waals surface area contributed by atoms with E-state index in [4.69, 9.17) is 4.98 Å². The molecule has 4 rings (SSSR count). The Morgan fingerprint density at radius 1 is 1.17 bits per heavy atom. The minimum Gasteiger partial charge on any atom is -0.393 e. The highest BCUT2D eigenvalue weighted by Crippen LogP contribution is 2.30. The van der Waals surface area contributed by atoms with Crippen LogP contribution in [0.2, 0.25) is 0 Å². The lowest BCUT2D eigenvalue weighted by atomic mass is 10.1. The van der Waals surface area contributed by atoms with Crippen LogP contribution in [0.25, 0.3) is 22.6 Å². The first kappa shape index (κ1) is 15.1. The quantitative estimate of drug-likeness (QED) is 0.775. The van der Waals surface area contributed by atoms with Gasteiger partial charge in [0.25, 0.3) is 0 Å². The van der Waals surface area contributed by atoms with Gasteiger partial charge in [-0.1, -0.05) is 37.3 Å². The van der Waals surface area contributed by atoms with Gasteiger partial charge in [0.1, 0.15) is 12.2 Å². The van der Waals surface area contributed by atoms with Crippen LogP contribution in [-0.2, 0) is 7.05 Å². The van der Waals surface area contributed by atoms with Gasteiger partial charge in [0.05, 0.1) is 6.10 Å². The molecule has 1 aliphatic carbocycles. The van der Waals surface area contributed by atoms with E-state index in [0.29, 0.717) is 5.92 Å². The molecule has 0 amide bonds. The summed E-state index contributed by atoms with van der Waals surface area (Å²) in [4.78, 5) is 13.6. The maximum Gasteiger partial charge on any atom is 0.165 e. The van der Waals surface area contributed by atoms with E-state index in [9.17, 15) is 5.11 Å². The largest absolute Gasteiger partial charge is 0.393 e. The van der Waals surface area contributed by atoms with Gasteiger partial charge >= 0.3 is 0 Å². The maximum absolute atomic E-state index is 9.96. The van der Waals surface area contributed by atoms with E-state index >= 15 is 0 Å². The lowest BCUT2D eigenvalue weighted by Crippen LogP contribution is -2.17.